The number of furan rings is 2. The number of hydrogen-bond acceptors (Lipinski definition) is 5. The maximum atomic E-state index is 12.6. The predicted octanol–water partition coefficient (Wildman–Crippen LogP) is 1.82. The molecule has 2 aromatic heterocycles. The van der Waals surface area contributed by atoms with Gasteiger partial charge in [0.1, 0.15) is 22.9 Å². The first-order chi connectivity index (χ1) is 10.1. The highest BCUT2D eigenvalue weighted by molar-refractivity contribution is 5.84. The van der Waals surface area contributed by atoms with Crippen LogP contribution >= 0.6 is 0 Å². The van der Waals surface area contributed by atoms with Gasteiger partial charge >= 0.3 is 0 Å². The summed E-state index contributed by atoms with van der Waals surface area (Å²) >= 11 is 0. The summed E-state index contributed by atoms with van der Waals surface area (Å²) in [6.45, 7) is 1.23. The highest BCUT2D eigenvalue weighted by atomic mass is 16.4. The molecular weight excluding hydrogens is 270 g/mol. The number of carbonyl (C=O) groups is 1. The van der Waals surface area contributed by atoms with Crippen LogP contribution in [0, 0.1) is 5.92 Å². The zero-order chi connectivity index (χ0) is 14.9. The van der Waals surface area contributed by atoms with E-state index in [1.807, 2.05) is 7.05 Å². The molecule has 1 saturated heterocycles. The maximum absolute atomic E-state index is 12.6. The molecule has 1 aliphatic heterocycles. The number of Topliss-reactive ketones (excluding diaryl/α,β-unsaturated/α-hetero) is 1. The number of likely N-dealkylation sites (tertiary alicyclic amines) is 1. The largest absolute Gasteiger partial charge is 0.469 e. The Morgan fingerprint density at radius 3 is 2.81 bits per heavy atom. The molecule has 0 saturated carbocycles. The van der Waals surface area contributed by atoms with Crippen molar-refractivity contribution in [2.75, 3.05) is 20.1 Å². The first-order valence-corrected chi connectivity index (χ1v) is 7.09. The van der Waals surface area contributed by atoms with Crippen LogP contribution in [-0.2, 0) is 16.8 Å². The molecule has 5 heteroatoms. The molecule has 0 radical (unpaired) electrons. The van der Waals surface area contributed by atoms with E-state index < -0.39 is 11.5 Å². The fourth-order valence-electron chi connectivity index (χ4n) is 2.99. The Balaban J connectivity index is 1.86. The zero-order valence-corrected chi connectivity index (χ0v) is 12.0. The molecule has 0 aromatic carbocycles. The summed E-state index contributed by atoms with van der Waals surface area (Å²) in [4.78, 5) is 14.7. The first-order valence-electron chi connectivity index (χ1n) is 7.09. The Hall–Kier alpha value is -1.85. The van der Waals surface area contributed by atoms with Gasteiger partial charge in [0, 0.05) is 13.1 Å². The summed E-state index contributed by atoms with van der Waals surface area (Å²) in [5.41, 5.74) is -1.24. The third-order valence-corrected chi connectivity index (χ3v) is 4.21. The van der Waals surface area contributed by atoms with Crippen LogP contribution in [0.2, 0.25) is 0 Å². The molecule has 1 N–H and O–H groups in total. The molecule has 21 heavy (non-hydrogen) atoms. The van der Waals surface area contributed by atoms with Crippen LogP contribution in [0.25, 0.3) is 0 Å². The smallest absolute Gasteiger partial charge is 0.148 e. The summed E-state index contributed by atoms with van der Waals surface area (Å²) < 4.78 is 10.6. The molecule has 5 nitrogen and oxygen atoms in total. The van der Waals surface area contributed by atoms with E-state index in [1.165, 1.54) is 6.26 Å². The molecule has 0 aliphatic carbocycles. The van der Waals surface area contributed by atoms with E-state index in [1.54, 1.807) is 30.5 Å². The van der Waals surface area contributed by atoms with Crippen LogP contribution in [0.15, 0.2) is 45.6 Å². The van der Waals surface area contributed by atoms with Crippen molar-refractivity contribution < 1.29 is 18.7 Å². The highest BCUT2D eigenvalue weighted by Crippen LogP contribution is 2.38. The van der Waals surface area contributed by atoms with Gasteiger partial charge in [0.05, 0.1) is 24.9 Å². The van der Waals surface area contributed by atoms with E-state index in [4.69, 9.17) is 8.83 Å². The fraction of sp³-hybridized carbons (Fsp3) is 0.438. The maximum Gasteiger partial charge on any atom is 0.148 e. The minimum Gasteiger partial charge on any atom is -0.469 e. The topological polar surface area (TPSA) is 66.8 Å². The summed E-state index contributed by atoms with van der Waals surface area (Å²) in [6, 6.07) is 7.00. The van der Waals surface area contributed by atoms with E-state index in [0.29, 0.717) is 24.5 Å². The molecule has 2 aromatic rings. The van der Waals surface area contributed by atoms with E-state index in [-0.39, 0.29) is 12.2 Å². The van der Waals surface area contributed by atoms with Crippen molar-refractivity contribution in [3.8, 4) is 0 Å². The molecule has 112 valence electrons. The SMILES string of the molecule is CN1CC[C@](O)(c2ccco2)[C@@H](C(=O)Cc2ccco2)C1. The summed E-state index contributed by atoms with van der Waals surface area (Å²) in [7, 11) is 1.95. The predicted molar refractivity (Wildman–Crippen MR) is 75.6 cm³/mol. The van der Waals surface area contributed by atoms with Crippen LogP contribution in [0.3, 0.4) is 0 Å². The van der Waals surface area contributed by atoms with Gasteiger partial charge in [0.25, 0.3) is 0 Å². The normalized spacial score (nSPS) is 26.9. The average Bonchev–Trinajstić information content (AvgIpc) is 3.14. The van der Waals surface area contributed by atoms with E-state index >= 15 is 0 Å². The number of carbonyl (C=O) groups excluding carboxylic acids is 1. The van der Waals surface area contributed by atoms with Crippen LogP contribution < -0.4 is 0 Å². The van der Waals surface area contributed by atoms with Gasteiger partial charge in [-0.3, -0.25) is 4.79 Å². The minimum atomic E-state index is -1.24. The number of hydrogen-bond donors (Lipinski definition) is 1. The molecule has 0 unspecified atom stereocenters. The molecule has 2 atom stereocenters. The number of aliphatic hydroxyl groups is 1. The summed E-state index contributed by atoms with van der Waals surface area (Å²) in [6.07, 6.45) is 3.74. The number of ketones is 1. The van der Waals surface area contributed by atoms with Gasteiger partial charge in [-0.2, -0.15) is 0 Å². The van der Waals surface area contributed by atoms with Gasteiger partial charge in [-0.15, -0.1) is 0 Å². The lowest BCUT2D eigenvalue weighted by molar-refractivity contribution is -0.143. The Morgan fingerprint density at radius 2 is 2.14 bits per heavy atom. The number of rotatable bonds is 4. The zero-order valence-electron chi connectivity index (χ0n) is 12.0. The van der Waals surface area contributed by atoms with Crippen molar-refractivity contribution >= 4 is 5.78 Å². The lowest BCUT2D eigenvalue weighted by atomic mass is 9.76. The minimum absolute atomic E-state index is 0.0320. The van der Waals surface area contributed by atoms with Crippen LogP contribution in [-0.4, -0.2) is 35.9 Å². The molecule has 1 aliphatic rings. The highest BCUT2D eigenvalue weighted by Gasteiger charge is 2.47. The van der Waals surface area contributed by atoms with Crippen molar-refractivity contribution in [1.82, 2.24) is 4.90 Å². The van der Waals surface area contributed by atoms with Crippen molar-refractivity contribution in [2.24, 2.45) is 5.92 Å². The third kappa shape index (κ3) is 2.66. The Kier molecular flexibility index (Phi) is 3.69. The third-order valence-electron chi connectivity index (χ3n) is 4.21. The van der Waals surface area contributed by atoms with Crippen LogP contribution in [0.5, 0.6) is 0 Å². The van der Waals surface area contributed by atoms with Gasteiger partial charge in [-0.25, -0.2) is 0 Å². The number of nitrogens with zero attached hydrogens (tertiary/aromatic N) is 1. The summed E-state index contributed by atoms with van der Waals surface area (Å²) in [5.74, 6) is 0.534. The molecule has 3 heterocycles. The average molecular weight is 289 g/mol. The van der Waals surface area contributed by atoms with Gasteiger partial charge < -0.3 is 18.8 Å². The molecule has 0 spiro atoms. The molecule has 0 bridgehead atoms. The summed E-state index contributed by atoms with van der Waals surface area (Å²) in [5, 5.41) is 11.0. The quantitative estimate of drug-likeness (QED) is 0.930. The van der Waals surface area contributed by atoms with E-state index in [2.05, 4.69) is 4.90 Å². The second-order valence-electron chi connectivity index (χ2n) is 5.69. The molecular formula is C16H19NO4. The second kappa shape index (κ2) is 5.50. The monoisotopic (exact) mass is 289 g/mol. The van der Waals surface area contributed by atoms with Gasteiger partial charge in [0.15, 0.2) is 0 Å². The lowest BCUT2D eigenvalue weighted by Crippen LogP contribution is -2.52. The van der Waals surface area contributed by atoms with Crippen molar-refractivity contribution in [1.29, 1.82) is 0 Å². The van der Waals surface area contributed by atoms with Crippen LogP contribution in [0.4, 0.5) is 0 Å². The van der Waals surface area contributed by atoms with Gasteiger partial charge in [0.2, 0.25) is 0 Å². The molecule has 0 amide bonds. The number of piperidine rings is 1. The van der Waals surface area contributed by atoms with Gasteiger partial charge in [-0.05, 0) is 37.7 Å². The first kappa shape index (κ1) is 14.1. The van der Waals surface area contributed by atoms with Crippen molar-refractivity contribution in [3.05, 3.63) is 48.3 Å². The Morgan fingerprint density at radius 1 is 1.38 bits per heavy atom. The molecule has 3 rings (SSSR count). The Bertz CT molecular complexity index is 590. The molecule has 1 fully saturated rings. The van der Waals surface area contributed by atoms with Crippen molar-refractivity contribution in [2.45, 2.75) is 18.4 Å². The van der Waals surface area contributed by atoms with Crippen LogP contribution in [0.1, 0.15) is 17.9 Å². The van der Waals surface area contributed by atoms with Crippen molar-refractivity contribution in [3.63, 3.8) is 0 Å². The second-order valence-corrected chi connectivity index (χ2v) is 5.69. The van der Waals surface area contributed by atoms with Gasteiger partial charge in [-0.1, -0.05) is 0 Å². The Labute approximate surface area is 123 Å². The standard InChI is InChI=1S/C16H19NO4/c1-17-7-6-16(19,15-5-3-9-21-15)13(11-17)14(18)10-12-4-2-8-20-12/h2-5,8-9,13,19H,6-7,10-11H2,1H3/t13-,16-/m1/s1. The van der Waals surface area contributed by atoms with E-state index in [9.17, 15) is 9.90 Å². The fourth-order valence-corrected chi connectivity index (χ4v) is 2.99. The van der Waals surface area contributed by atoms with E-state index in [0.717, 1.165) is 6.54 Å². The lowest BCUT2D eigenvalue weighted by Gasteiger charge is -2.41.